The summed E-state index contributed by atoms with van der Waals surface area (Å²) in [5.74, 6) is 0.245. The van der Waals surface area contributed by atoms with Crippen LogP contribution in [0.4, 0.5) is 0 Å². The lowest BCUT2D eigenvalue weighted by atomic mass is 9.92. The van der Waals surface area contributed by atoms with E-state index in [1.54, 1.807) is 0 Å². The molecule has 78 valence electrons. The molecular weight excluding hydrogens is 176 g/mol. The molecule has 0 spiro atoms. The van der Waals surface area contributed by atoms with Crippen molar-refractivity contribution < 1.29 is 4.79 Å². The van der Waals surface area contributed by atoms with Gasteiger partial charge in [-0.25, -0.2) is 0 Å². The van der Waals surface area contributed by atoms with Crippen LogP contribution in [0.1, 0.15) is 33.6 Å². The van der Waals surface area contributed by atoms with Gasteiger partial charge in [0.05, 0.1) is 12.0 Å². The van der Waals surface area contributed by atoms with E-state index in [-0.39, 0.29) is 17.2 Å². The van der Waals surface area contributed by atoms with Gasteiger partial charge in [0, 0.05) is 19.5 Å². The molecule has 1 amide bonds. The summed E-state index contributed by atoms with van der Waals surface area (Å²) in [5, 5.41) is 8.71. The lowest BCUT2D eigenvalue weighted by Crippen LogP contribution is -2.31. The highest BCUT2D eigenvalue weighted by Crippen LogP contribution is 2.23. The molecule has 1 aliphatic rings. The number of hydrogen-bond donors (Lipinski definition) is 0. The van der Waals surface area contributed by atoms with E-state index in [2.05, 4.69) is 26.8 Å². The average molecular weight is 194 g/mol. The van der Waals surface area contributed by atoms with Gasteiger partial charge in [-0.3, -0.25) is 4.79 Å². The third kappa shape index (κ3) is 3.02. The number of nitrogens with zero attached hydrogens (tertiary/aromatic N) is 2. The minimum absolute atomic E-state index is 0.0435. The molecule has 0 bridgehead atoms. The summed E-state index contributed by atoms with van der Waals surface area (Å²) >= 11 is 0. The largest absolute Gasteiger partial charge is 0.341 e. The van der Waals surface area contributed by atoms with Crippen LogP contribution in [0.5, 0.6) is 0 Å². The van der Waals surface area contributed by atoms with Crippen molar-refractivity contribution in [1.82, 2.24) is 4.90 Å². The Morgan fingerprint density at radius 2 is 2.21 bits per heavy atom. The average Bonchev–Trinajstić information content (AvgIpc) is 2.48. The van der Waals surface area contributed by atoms with Gasteiger partial charge >= 0.3 is 0 Å². The van der Waals surface area contributed by atoms with Gasteiger partial charge in [0.1, 0.15) is 0 Å². The molecule has 3 nitrogen and oxygen atoms in total. The van der Waals surface area contributed by atoms with Crippen LogP contribution < -0.4 is 0 Å². The first-order valence-corrected chi connectivity index (χ1v) is 5.10. The predicted molar refractivity (Wildman–Crippen MR) is 54.4 cm³/mol. The fourth-order valence-electron chi connectivity index (χ4n) is 1.66. The molecule has 1 rings (SSSR count). The molecule has 0 unspecified atom stereocenters. The summed E-state index contributed by atoms with van der Waals surface area (Å²) in [6.45, 7) is 7.56. The molecule has 0 N–H and O–H groups in total. The fraction of sp³-hybridized carbons (Fsp3) is 0.818. The van der Waals surface area contributed by atoms with Gasteiger partial charge in [0.25, 0.3) is 0 Å². The van der Waals surface area contributed by atoms with Crippen molar-refractivity contribution in [2.75, 3.05) is 13.1 Å². The van der Waals surface area contributed by atoms with Crippen molar-refractivity contribution >= 4 is 5.91 Å². The van der Waals surface area contributed by atoms with E-state index < -0.39 is 0 Å². The number of rotatable bonds is 1. The van der Waals surface area contributed by atoms with Gasteiger partial charge in [0.2, 0.25) is 5.91 Å². The van der Waals surface area contributed by atoms with Crippen LogP contribution in [0, 0.1) is 22.7 Å². The lowest BCUT2D eigenvalue weighted by molar-refractivity contribution is -0.132. The third-order valence-corrected chi connectivity index (χ3v) is 2.41. The van der Waals surface area contributed by atoms with E-state index in [1.165, 1.54) is 0 Å². The van der Waals surface area contributed by atoms with Gasteiger partial charge in [-0.15, -0.1) is 0 Å². The van der Waals surface area contributed by atoms with Crippen LogP contribution in [0.25, 0.3) is 0 Å². The van der Waals surface area contributed by atoms with Crippen molar-refractivity contribution in [3.05, 3.63) is 0 Å². The van der Waals surface area contributed by atoms with E-state index in [9.17, 15) is 4.79 Å². The van der Waals surface area contributed by atoms with Gasteiger partial charge < -0.3 is 4.90 Å². The summed E-state index contributed by atoms with van der Waals surface area (Å²) in [6.07, 6.45) is 1.41. The predicted octanol–water partition coefficient (Wildman–Crippen LogP) is 1.79. The van der Waals surface area contributed by atoms with Crippen LogP contribution in [-0.2, 0) is 4.79 Å². The van der Waals surface area contributed by atoms with Gasteiger partial charge in [0.15, 0.2) is 0 Å². The van der Waals surface area contributed by atoms with Crippen molar-refractivity contribution in [3.8, 4) is 6.07 Å². The number of carbonyl (C=O) groups is 1. The molecular formula is C11H18N2O. The molecule has 0 aliphatic carbocycles. The first-order valence-electron chi connectivity index (χ1n) is 5.10. The standard InChI is InChI=1S/C11H18N2O/c1-11(2,3)6-10(14)13-5-4-9(7-12)8-13/h9H,4-6,8H2,1-3H3/t9-/m1/s1. The Labute approximate surface area is 85.7 Å². The minimum Gasteiger partial charge on any atom is -0.341 e. The maximum Gasteiger partial charge on any atom is 0.223 e. The normalized spacial score (nSPS) is 22.1. The second-order valence-electron chi connectivity index (χ2n) is 5.19. The number of amides is 1. The highest BCUT2D eigenvalue weighted by Gasteiger charge is 2.28. The zero-order valence-corrected chi connectivity index (χ0v) is 9.21. The van der Waals surface area contributed by atoms with Crippen molar-refractivity contribution in [2.24, 2.45) is 11.3 Å². The maximum absolute atomic E-state index is 11.7. The quantitative estimate of drug-likeness (QED) is 0.638. The number of hydrogen-bond acceptors (Lipinski definition) is 2. The molecule has 0 aromatic heterocycles. The molecule has 1 fully saturated rings. The van der Waals surface area contributed by atoms with E-state index in [1.807, 2.05) is 4.90 Å². The first-order chi connectivity index (χ1) is 6.42. The Balaban J connectivity index is 2.45. The maximum atomic E-state index is 11.7. The number of likely N-dealkylation sites (tertiary alicyclic amines) is 1. The van der Waals surface area contributed by atoms with Crippen LogP contribution >= 0.6 is 0 Å². The Kier molecular flexibility index (Phi) is 3.15. The van der Waals surface area contributed by atoms with Crippen molar-refractivity contribution in [1.29, 1.82) is 5.26 Å². The fourth-order valence-corrected chi connectivity index (χ4v) is 1.66. The molecule has 1 saturated heterocycles. The molecule has 0 aromatic carbocycles. The SMILES string of the molecule is CC(C)(C)CC(=O)N1CC[C@H](C#N)C1. The van der Waals surface area contributed by atoms with Crippen LogP contribution in [-0.4, -0.2) is 23.9 Å². The Hall–Kier alpha value is -1.04. The smallest absolute Gasteiger partial charge is 0.223 e. The highest BCUT2D eigenvalue weighted by molar-refractivity contribution is 5.77. The second-order valence-corrected chi connectivity index (χ2v) is 5.19. The Bertz CT molecular complexity index is 259. The molecule has 0 radical (unpaired) electrons. The molecule has 3 heteroatoms. The second kappa shape index (κ2) is 4.00. The number of nitriles is 1. The van der Waals surface area contributed by atoms with Gasteiger partial charge in [-0.1, -0.05) is 20.8 Å². The summed E-state index contributed by atoms with van der Waals surface area (Å²) in [6, 6.07) is 2.22. The summed E-state index contributed by atoms with van der Waals surface area (Å²) in [5.41, 5.74) is 0.0435. The van der Waals surface area contributed by atoms with Gasteiger partial charge in [-0.2, -0.15) is 5.26 Å². The van der Waals surface area contributed by atoms with Crippen LogP contribution in [0.15, 0.2) is 0 Å². The zero-order chi connectivity index (χ0) is 10.8. The Morgan fingerprint density at radius 1 is 1.57 bits per heavy atom. The van der Waals surface area contributed by atoms with Crippen LogP contribution in [0.2, 0.25) is 0 Å². The van der Waals surface area contributed by atoms with Crippen molar-refractivity contribution in [2.45, 2.75) is 33.6 Å². The molecule has 1 aliphatic heterocycles. The zero-order valence-electron chi connectivity index (χ0n) is 9.21. The molecule has 0 saturated carbocycles. The van der Waals surface area contributed by atoms with E-state index in [0.29, 0.717) is 13.0 Å². The Morgan fingerprint density at radius 3 is 2.64 bits per heavy atom. The van der Waals surface area contributed by atoms with E-state index >= 15 is 0 Å². The monoisotopic (exact) mass is 194 g/mol. The third-order valence-electron chi connectivity index (χ3n) is 2.41. The topological polar surface area (TPSA) is 44.1 Å². The first kappa shape index (κ1) is 11.0. The van der Waals surface area contributed by atoms with Crippen LogP contribution in [0.3, 0.4) is 0 Å². The summed E-state index contributed by atoms with van der Waals surface area (Å²) < 4.78 is 0. The highest BCUT2D eigenvalue weighted by atomic mass is 16.2. The van der Waals surface area contributed by atoms with E-state index in [0.717, 1.165) is 13.0 Å². The van der Waals surface area contributed by atoms with E-state index in [4.69, 9.17) is 5.26 Å². The molecule has 14 heavy (non-hydrogen) atoms. The molecule has 1 atom stereocenters. The summed E-state index contributed by atoms with van der Waals surface area (Å²) in [7, 11) is 0. The molecule has 1 heterocycles. The molecule has 0 aromatic rings. The number of carbonyl (C=O) groups excluding carboxylic acids is 1. The lowest BCUT2D eigenvalue weighted by Gasteiger charge is -2.22. The van der Waals surface area contributed by atoms with Crippen molar-refractivity contribution in [3.63, 3.8) is 0 Å². The minimum atomic E-state index is 0.0435. The van der Waals surface area contributed by atoms with Gasteiger partial charge in [-0.05, 0) is 11.8 Å². The summed E-state index contributed by atoms with van der Waals surface area (Å²) in [4.78, 5) is 13.6.